The molecule has 0 saturated heterocycles. The van der Waals surface area contributed by atoms with E-state index < -0.39 is 5.97 Å². The van der Waals surface area contributed by atoms with Crippen LogP contribution in [-0.2, 0) is 15.9 Å². The van der Waals surface area contributed by atoms with E-state index in [9.17, 15) is 9.59 Å². The van der Waals surface area contributed by atoms with Crippen LogP contribution in [-0.4, -0.2) is 44.2 Å². The molecule has 0 unspecified atom stereocenters. The van der Waals surface area contributed by atoms with E-state index in [0.29, 0.717) is 34.9 Å². The van der Waals surface area contributed by atoms with Gasteiger partial charge >= 0.3 is 5.97 Å². The van der Waals surface area contributed by atoms with Crippen LogP contribution in [0.5, 0.6) is 5.75 Å². The summed E-state index contributed by atoms with van der Waals surface area (Å²) < 4.78 is 15.3. The van der Waals surface area contributed by atoms with E-state index in [1.165, 1.54) is 7.11 Å². The molecule has 0 aliphatic rings. The summed E-state index contributed by atoms with van der Waals surface area (Å²) in [5.74, 6) is -0.0688. The number of carbonyl (C=O) groups excluding carboxylic acids is 2. The summed E-state index contributed by atoms with van der Waals surface area (Å²) in [6, 6.07) is 7.53. The average Bonchev–Trinajstić information content (AvgIpc) is 2.92. The van der Waals surface area contributed by atoms with E-state index >= 15 is 0 Å². The number of H-pyrrole nitrogens is 1. The second kappa shape index (κ2) is 8.48. The number of ketones is 1. The van der Waals surface area contributed by atoms with Crippen LogP contribution in [0.1, 0.15) is 37.7 Å². The number of rotatable bonds is 8. The molecule has 0 spiro atoms. The summed E-state index contributed by atoms with van der Waals surface area (Å²) in [5.41, 5.74) is 3.09. The molecular formula is C19H23NO5. The van der Waals surface area contributed by atoms with Crippen LogP contribution < -0.4 is 4.74 Å². The Hall–Kier alpha value is -2.60. The van der Waals surface area contributed by atoms with E-state index in [-0.39, 0.29) is 12.4 Å². The van der Waals surface area contributed by atoms with Crippen LogP contribution in [0.4, 0.5) is 0 Å². The molecule has 2 rings (SSSR count). The van der Waals surface area contributed by atoms with Crippen molar-refractivity contribution in [2.24, 2.45) is 0 Å². The number of aromatic nitrogens is 1. The van der Waals surface area contributed by atoms with Gasteiger partial charge in [-0.2, -0.15) is 0 Å². The quantitative estimate of drug-likeness (QED) is 0.588. The lowest BCUT2D eigenvalue weighted by Crippen LogP contribution is -2.13. The fourth-order valence-electron chi connectivity index (χ4n) is 2.63. The van der Waals surface area contributed by atoms with E-state index in [1.807, 2.05) is 24.3 Å². The summed E-state index contributed by atoms with van der Waals surface area (Å²) in [7, 11) is 2.98. The number of nitrogens with one attached hydrogen (secondary N) is 1. The molecule has 0 aliphatic carbocycles. The normalized spacial score (nSPS) is 10.6. The van der Waals surface area contributed by atoms with Gasteiger partial charge in [-0.25, -0.2) is 4.79 Å². The van der Waals surface area contributed by atoms with E-state index in [4.69, 9.17) is 14.2 Å². The SMILES string of the molecule is COCCc1ccc(OCC(=O)c2[nH]c(C)c(C(=O)OC)c2C)cc1. The Bertz CT molecular complexity index is 746. The fourth-order valence-corrected chi connectivity index (χ4v) is 2.63. The lowest BCUT2D eigenvalue weighted by molar-refractivity contribution is 0.0599. The van der Waals surface area contributed by atoms with Gasteiger partial charge in [0.15, 0.2) is 6.61 Å². The minimum absolute atomic E-state index is 0.112. The van der Waals surface area contributed by atoms with Crippen LogP contribution in [0, 0.1) is 13.8 Å². The molecule has 1 heterocycles. The van der Waals surface area contributed by atoms with Gasteiger partial charge in [0.05, 0.1) is 25.0 Å². The summed E-state index contributed by atoms with van der Waals surface area (Å²) in [4.78, 5) is 27.1. The van der Waals surface area contributed by atoms with Gasteiger partial charge < -0.3 is 19.2 Å². The first-order valence-electron chi connectivity index (χ1n) is 7.99. The van der Waals surface area contributed by atoms with Crippen molar-refractivity contribution in [3.8, 4) is 5.75 Å². The third-order valence-electron chi connectivity index (χ3n) is 3.99. The maximum atomic E-state index is 12.4. The Kier molecular flexibility index (Phi) is 6.36. The Morgan fingerprint density at radius 1 is 1.08 bits per heavy atom. The van der Waals surface area contributed by atoms with Crippen molar-refractivity contribution in [3.63, 3.8) is 0 Å². The first-order chi connectivity index (χ1) is 12.0. The Labute approximate surface area is 147 Å². The Morgan fingerprint density at radius 3 is 2.36 bits per heavy atom. The van der Waals surface area contributed by atoms with Crippen LogP contribution >= 0.6 is 0 Å². The molecule has 1 aromatic heterocycles. The smallest absolute Gasteiger partial charge is 0.339 e. The molecule has 0 bridgehead atoms. The molecule has 2 aromatic rings. The van der Waals surface area contributed by atoms with Crippen molar-refractivity contribution in [1.29, 1.82) is 0 Å². The minimum Gasteiger partial charge on any atom is -0.485 e. The predicted molar refractivity (Wildman–Crippen MR) is 93.5 cm³/mol. The van der Waals surface area contributed by atoms with E-state index in [2.05, 4.69) is 4.98 Å². The lowest BCUT2D eigenvalue weighted by Gasteiger charge is -2.07. The highest BCUT2D eigenvalue weighted by Crippen LogP contribution is 2.20. The number of Topliss-reactive ketones (excluding diaryl/α,β-unsaturated/α-hetero) is 1. The van der Waals surface area contributed by atoms with Gasteiger partial charge in [0, 0.05) is 12.8 Å². The third kappa shape index (κ3) is 4.48. The number of carbonyl (C=O) groups is 2. The zero-order chi connectivity index (χ0) is 18.4. The molecule has 0 fully saturated rings. The predicted octanol–water partition coefficient (Wildman–Crippen LogP) is 2.87. The Balaban J connectivity index is 2.02. The van der Waals surface area contributed by atoms with Crippen LogP contribution in [0.3, 0.4) is 0 Å². The van der Waals surface area contributed by atoms with Crippen LogP contribution in [0.15, 0.2) is 24.3 Å². The molecule has 0 amide bonds. The molecule has 6 heteroatoms. The summed E-state index contributed by atoms with van der Waals surface area (Å²) in [5, 5.41) is 0. The van der Waals surface area contributed by atoms with Gasteiger partial charge in [-0.3, -0.25) is 4.79 Å². The van der Waals surface area contributed by atoms with E-state index in [1.54, 1.807) is 21.0 Å². The molecule has 1 aromatic carbocycles. The van der Waals surface area contributed by atoms with Crippen molar-refractivity contribution >= 4 is 11.8 Å². The topological polar surface area (TPSA) is 77.6 Å². The number of ether oxygens (including phenoxy) is 3. The molecular weight excluding hydrogens is 322 g/mol. The average molecular weight is 345 g/mol. The fraction of sp³-hybridized carbons (Fsp3) is 0.368. The first kappa shape index (κ1) is 18.7. The maximum absolute atomic E-state index is 12.4. The number of aryl methyl sites for hydroxylation is 1. The first-order valence-corrected chi connectivity index (χ1v) is 7.99. The molecule has 0 aliphatic heterocycles. The van der Waals surface area contributed by atoms with Crippen molar-refractivity contribution < 1.29 is 23.8 Å². The molecule has 0 radical (unpaired) electrons. The number of methoxy groups -OCH3 is 2. The van der Waals surface area contributed by atoms with Gasteiger partial charge in [0.2, 0.25) is 5.78 Å². The molecule has 0 atom stereocenters. The summed E-state index contributed by atoms with van der Waals surface area (Å²) in [6.45, 7) is 3.99. The standard InChI is InChI=1S/C19H23NO5/c1-12-17(19(22)24-4)13(2)20-18(12)16(21)11-25-15-7-5-14(6-8-15)9-10-23-3/h5-8,20H,9-11H2,1-4H3. The number of esters is 1. The van der Waals surface area contributed by atoms with Crippen molar-refractivity contribution in [2.45, 2.75) is 20.3 Å². The molecule has 1 N–H and O–H groups in total. The van der Waals surface area contributed by atoms with Gasteiger partial charge in [0.1, 0.15) is 5.75 Å². The van der Waals surface area contributed by atoms with Gasteiger partial charge in [0.25, 0.3) is 0 Å². The zero-order valence-corrected chi connectivity index (χ0v) is 15.0. The molecule has 134 valence electrons. The van der Waals surface area contributed by atoms with Gasteiger partial charge in [-0.15, -0.1) is 0 Å². The summed E-state index contributed by atoms with van der Waals surface area (Å²) >= 11 is 0. The zero-order valence-electron chi connectivity index (χ0n) is 15.0. The highest BCUT2D eigenvalue weighted by molar-refractivity contribution is 6.02. The minimum atomic E-state index is -0.460. The maximum Gasteiger partial charge on any atom is 0.339 e. The monoisotopic (exact) mass is 345 g/mol. The second-order valence-electron chi connectivity index (χ2n) is 5.72. The van der Waals surface area contributed by atoms with Crippen molar-refractivity contribution in [1.82, 2.24) is 4.98 Å². The third-order valence-corrected chi connectivity index (χ3v) is 3.99. The second-order valence-corrected chi connectivity index (χ2v) is 5.72. The van der Waals surface area contributed by atoms with Gasteiger partial charge in [-0.05, 0) is 43.5 Å². The molecule has 25 heavy (non-hydrogen) atoms. The highest BCUT2D eigenvalue weighted by atomic mass is 16.5. The largest absolute Gasteiger partial charge is 0.485 e. The lowest BCUT2D eigenvalue weighted by atomic mass is 10.1. The molecule has 6 nitrogen and oxygen atoms in total. The van der Waals surface area contributed by atoms with Crippen LogP contribution in [0.2, 0.25) is 0 Å². The highest BCUT2D eigenvalue weighted by Gasteiger charge is 2.22. The van der Waals surface area contributed by atoms with Gasteiger partial charge in [-0.1, -0.05) is 12.1 Å². The number of benzene rings is 1. The molecule has 0 saturated carbocycles. The van der Waals surface area contributed by atoms with Crippen LogP contribution in [0.25, 0.3) is 0 Å². The number of hydrogen-bond donors (Lipinski definition) is 1. The van der Waals surface area contributed by atoms with Crippen molar-refractivity contribution in [2.75, 3.05) is 27.4 Å². The van der Waals surface area contributed by atoms with E-state index in [0.717, 1.165) is 12.0 Å². The summed E-state index contributed by atoms with van der Waals surface area (Å²) in [6.07, 6.45) is 0.826. The van der Waals surface area contributed by atoms with Crippen molar-refractivity contribution in [3.05, 3.63) is 52.3 Å². The number of hydrogen-bond acceptors (Lipinski definition) is 5. The Morgan fingerprint density at radius 2 is 1.76 bits per heavy atom. The number of aromatic amines is 1.